The summed E-state index contributed by atoms with van der Waals surface area (Å²) in [5, 5.41) is 0. The number of imide groups is 1. The number of anilines is 1. The van der Waals surface area contributed by atoms with Crippen molar-refractivity contribution in [2.45, 2.75) is 0 Å². The molecule has 2 amide bonds. The van der Waals surface area contributed by atoms with Gasteiger partial charge in [-0.15, -0.1) is 0 Å². The molecule has 0 aromatic heterocycles. The van der Waals surface area contributed by atoms with Crippen LogP contribution in [-0.2, 0) is 0 Å². The maximum Gasteiger partial charge on any atom is 0.261 e. The van der Waals surface area contributed by atoms with E-state index in [0.717, 1.165) is 11.3 Å². The van der Waals surface area contributed by atoms with Gasteiger partial charge >= 0.3 is 0 Å². The Balaban J connectivity index is 1.55. The van der Waals surface area contributed by atoms with Gasteiger partial charge < -0.3 is 4.90 Å². The van der Waals surface area contributed by atoms with Crippen LogP contribution in [0.3, 0.4) is 0 Å². The molecule has 5 nitrogen and oxygen atoms in total. The smallest absolute Gasteiger partial charge is 0.261 e. The zero-order valence-electron chi connectivity index (χ0n) is 12.9. The van der Waals surface area contributed by atoms with Crippen LogP contribution in [0.4, 0.5) is 5.69 Å². The van der Waals surface area contributed by atoms with Gasteiger partial charge in [-0.2, -0.15) is 0 Å². The second-order valence-corrected chi connectivity index (χ2v) is 5.64. The Morgan fingerprint density at radius 1 is 0.833 bits per heavy atom. The maximum absolute atomic E-state index is 12.4. The molecule has 2 aromatic carbocycles. The largest absolute Gasteiger partial charge is 0.344 e. The Morgan fingerprint density at radius 2 is 1.50 bits per heavy atom. The number of aliphatic imine (C=N–C) groups is 1. The summed E-state index contributed by atoms with van der Waals surface area (Å²) >= 11 is 0. The van der Waals surface area contributed by atoms with Gasteiger partial charge in [0.2, 0.25) is 0 Å². The third-order valence-electron chi connectivity index (χ3n) is 4.24. The van der Waals surface area contributed by atoms with Crippen molar-refractivity contribution in [3.8, 4) is 0 Å². The van der Waals surface area contributed by atoms with Gasteiger partial charge in [-0.25, -0.2) is 0 Å². The van der Waals surface area contributed by atoms with E-state index in [4.69, 9.17) is 0 Å². The third kappa shape index (κ3) is 2.31. The fraction of sp³-hybridized carbons (Fsp3) is 0.105. The Bertz CT molecular complexity index is 851. The lowest BCUT2D eigenvalue weighted by atomic mass is 10.1. The van der Waals surface area contributed by atoms with Gasteiger partial charge in [0.05, 0.1) is 11.1 Å². The highest BCUT2D eigenvalue weighted by atomic mass is 16.2. The van der Waals surface area contributed by atoms with Crippen LogP contribution in [0.2, 0.25) is 0 Å². The van der Waals surface area contributed by atoms with E-state index in [2.05, 4.69) is 4.99 Å². The molecule has 0 N–H and O–H groups in total. The summed E-state index contributed by atoms with van der Waals surface area (Å²) in [7, 11) is 0. The molecule has 0 radical (unpaired) electrons. The first-order chi connectivity index (χ1) is 11.8. The highest BCUT2D eigenvalue weighted by Crippen LogP contribution is 2.24. The molecule has 0 fully saturated rings. The number of amides is 2. The topological polar surface area (TPSA) is 53.0 Å². The number of benzene rings is 2. The van der Waals surface area contributed by atoms with E-state index in [-0.39, 0.29) is 11.8 Å². The van der Waals surface area contributed by atoms with E-state index in [0.29, 0.717) is 24.2 Å². The van der Waals surface area contributed by atoms with Crippen LogP contribution in [0, 0.1) is 0 Å². The SMILES string of the molecule is O=C1c2ccccc2C(=O)N1CCN1C=CN=Cc2ccccc21. The fourth-order valence-corrected chi connectivity index (χ4v) is 3.03. The first kappa shape index (κ1) is 14.4. The zero-order chi connectivity index (χ0) is 16.5. The van der Waals surface area contributed by atoms with Crippen molar-refractivity contribution in [2.75, 3.05) is 18.0 Å². The highest BCUT2D eigenvalue weighted by Gasteiger charge is 2.34. The third-order valence-corrected chi connectivity index (χ3v) is 4.24. The molecular formula is C19H15N3O2. The molecule has 0 aliphatic carbocycles. The molecule has 118 valence electrons. The molecule has 0 saturated carbocycles. The Hall–Kier alpha value is -3.21. The second-order valence-electron chi connectivity index (χ2n) is 5.64. The van der Waals surface area contributed by atoms with Crippen molar-refractivity contribution >= 4 is 23.7 Å². The van der Waals surface area contributed by atoms with E-state index in [1.807, 2.05) is 35.4 Å². The first-order valence-corrected chi connectivity index (χ1v) is 7.76. The Kier molecular flexibility index (Phi) is 3.46. The summed E-state index contributed by atoms with van der Waals surface area (Å²) in [5.41, 5.74) is 2.98. The predicted octanol–water partition coefficient (Wildman–Crippen LogP) is 2.69. The summed E-state index contributed by atoms with van der Waals surface area (Å²) in [6.45, 7) is 0.841. The number of hydrogen-bond acceptors (Lipinski definition) is 4. The van der Waals surface area contributed by atoms with E-state index < -0.39 is 0 Å². The molecular weight excluding hydrogens is 302 g/mol. The predicted molar refractivity (Wildman–Crippen MR) is 92.3 cm³/mol. The molecule has 0 saturated heterocycles. The summed E-state index contributed by atoms with van der Waals surface area (Å²) in [5.74, 6) is -0.446. The van der Waals surface area contributed by atoms with E-state index >= 15 is 0 Å². The Labute approximate surface area is 139 Å². The van der Waals surface area contributed by atoms with Gasteiger partial charge in [0, 0.05) is 43.0 Å². The number of fused-ring (bicyclic) bond motifs is 2. The normalized spacial score (nSPS) is 15.5. The van der Waals surface area contributed by atoms with E-state index in [1.165, 1.54) is 4.90 Å². The lowest BCUT2D eigenvalue weighted by Crippen LogP contribution is -2.36. The first-order valence-electron chi connectivity index (χ1n) is 7.76. The van der Waals surface area contributed by atoms with Crippen LogP contribution in [-0.4, -0.2) is 36.0 Å². The molecule has 2 aliphatic heterocycles. The van der Waals surface area contributed by atoms with Crippen LogP contribution < -0.4 is 4.90 Å². The lowest BCUT2D eigenvalue weighted by Gasteiger charge is -2.23. The number of carbonyl (C=O) groups excluding carboxylic acids is 2. The fourth-order valence-electron chi connectivity index (χ4n) is 3.03. The molecule has 2 aliphatic rings. The van der Waals surface area contributed by atoms with Crippen LogP contribution >= 0.6 is 0 Å². The van der Waals surface area contributed by atoms with Gasteiger partial charge in [-0.3, -0.25) is 19.5 Å². The molecule has 2 heterocycles. The van der Waals surface area contributed by atoms with Crippen molar-refractivity contribution in [2.24, 2.45) is 4.99 Å². The Morgan fingerprint density at radius 3 is 2.25 bits per heavy atom. The summed E-state index contributed by atoms with van der Waals surface area (Å²) in [6, 6.07) is 14.9. The zero-order valence-corrected chi connectivity index (χ0v) is 12.9. The summed E-state index contributed by atoms with van der Waals surface area (Å²) in [4.78, 5) is 32.4. The minimum Gasteiger partial charge on any atom is -0.344 e. The van der Waals surface area contributed by atoms with Crippen molar-refractivity contribution in [3.63, 3.8) is 0 Å². The second kappa shape index (κ2) is 5.77. The number of nitrogens with zero attached hydrogens (tertiary/aromatic N) is 3. The van der Waals surface area contributed by atoms with Crippen molar-refractivity contribution in [1.82, 2.24) is 4.90 Å². The van der Waals surface area contributed by atoms with Crippen LogP contribution in [0.15, 0.2) is 65.9 Å². The molecule has 0 spiro atoms. The van der Waals surface area contributed by atoms with Crippen LogP contribution in [0.5, 0.6) is 0 Å². The maximum atomic E-state index is 12.4. The number of hydrogen-bond donors (Lipinski definition) is 0. The minimum atomic E-state index is -0.223. The average Bonchev–Trinajstić information content (AvgIpc) is 2.77. The van der Waals surface area contributed by atoms with Crippen LogP contribution in [0.1, 0.15) is 26.3 Å². The minimum absolute atomic E-state index is 0.223. The van der Waals surface area contributed by atoms with Gasteiger partial charge in [-0.1, -0.05) is 30.3 Å². The van der Waals surface area contributed by atoms with Crippen molar-refractivity contribution < 1.29 is 9.59 Å². The molecule has 0 unspecified atom stereocenters. The number of para-hydroxylation sites is 1. The standard InChI is InChI=1S/C19H15N3O2/c23-18-15-6-2-3-7-16(15)19(24)22(18)12-11-21-10-9-20-13-14-5-1-4-8-17(14)21/h1-10,13H,11-12H2. The van der Waals surface area contributed by atoms with E-state index in [9.17, 15) is 9.59 Å². The average molecular weight is 317 g/mol. The summed E-state index contributed by atoms with van der Waals surface area (Å²) in [6.07, 6.45) is 5.37. The molecule has 0 bridgehead atoms. The monoisotopic (exact) mass is 317 g/mol. The molecule has 24 heavy (non-hydrogen) atoms. The van der Waals surface area contributed by atoms with Gasteiger partial charge in [0.1, 0.15) is 0 Å². The highest BCUT2D eigenvalue weighted by molar-refractivity contribution is 6.21. The van der Waals surface area contributed by atoms with Crippen molar-refractivity contribution in [3.05, 3.63) is 77.6 Å². The van der Waals surface area contributed by atoms with Crippen LogP contribution in [0.25, 0.3) is 0 Å². The quantitative estimate of drug-likeness (QED) is 0.818. The molecule has 2 aromatic rings. The number of rotatable bonds is 3. The van der Waals surface area contributed by atoms with Gasteiger partial charge in [0.15, 0.2) is 0 Å². The number of carbonyl (C=O) groups is 2. The molecule has 5 heteroatoms. The molecule has 4 rings (SSSR count). The summed E-state index contributed by atoms with van der Waals surface area (Å²) < 4.78 is 0. The molecule has 0 atom stereocenters. The van der Waals surface area contributed by atoms with Gasteiger partial charge in [-0.05, 0) is 18.2 Å². The lowest BCUT2D eigenvalue weighted by molar-refractivity contribution is 0.0659. The van der Waals surface area contributed by atoms with E-state index in [1.54, 1.807) is 36.7 Å². The van der Waals surface area contributed by atoms with Crippen molar-refractivity contribution in [1.29, 1.82) is 0 Å². The van der Waals surface area contributed by atoms with Gasteiger partial charge in [0.25, 0.3) is 11.8 Å².